The van der Waals surface area contributed by atoms with Crippen molar-refractivity contribution in [3.05, 3.63) is 46.1 Å². The molecule has 0 N–H and O–H groups in total. The SMILES string of the molecule is CC(=O)c1ccc(Oc2nc(CN3CCOCC3)nc3sc(C)c(C)c23)cc1. The largest absolute Gasteiger partial charge is 0.438 e. The van der Waals surface area contributed by atoms with Gasteiger partial charge in [-0.3, -0.25) is 9.69 Å². The van der Waals surface area contributed by atoms with Crippen LogP contribution in [0.15, 0.2) is 24.3 Å². The van der Waals surface area contributed by atoms with E-state index in [1.807, 2.05) is 0 Å². The number of ether oxygens (including phenoxy) is 2. The van der Waals surface area contributed by atoms with Crippen LogP contribution in [0, 0.1) is 13.8 Å². The molecule has 0 unspecified atom stereocenters. The summed E-state index contributed by atoms with van der Waals surface area (Å²) < 4.78 is 11.6. The van der Waals surface area contributed by atoms with E-state index in [2.05, 4.69) is 18.7 Å². The van der Waals surface area contributed by atoms with Crippen LogP contribution in [0.25, 0.3) is 10.2 Å². The summed E-state index contributed by atoms with van der Waals surface area (Å²) in [5.41, 5.74) is 1.81. The van der Waals surface area contributed by atoms with Gasteiger partial charge < -0.3 is 9.47 Å². The molecular weight excluding hydrogens is 374 g/mol. The van der Waals surface area contributed by atoms with E-state index >= 15 is 0 Å². The highest BCUT2D eigenvalue weighted by Crippen LogP contribution is 2.36. The number of carbonyl (C=O) groups excluding carboxylic acids is 1. The van der Waals surface area contributed by atoms with Crippen LogP contribution in [0.1, 0.15) is 33.5 Å². The Labute approximate surface area is 168 Å². The summed E-state index contributed by atoms with van der Waals surface area (Å²) >= 11 is 1.67. The molecule has 3 heterocycles. The Balaban J connectivity index is 1.68. The minimum absolute atomic E-state index is 0.0353. The van der Waals surface area contributed by atoms with Crippen molar-refractivity contribution in [2.45, 2.75) is 27.3 Å². The number of benzene rings is 1. The fraction of sp³-hybridized carbons (Fsp3) is 0.381. The van der Waals surface area contributed by atoms with Crippen molar-refractivity contribution < 1.29 is 14.3 Å². The smallest absolute Gasteiger partial charge is 0.231 e. The van der Waals surface area contributed by atoms with Crippen LogP contribution in [-0.2, 0) is 11.3 Å². The van der Waals surface area contributed by atoms with Crippen LogP contribution in [0.3, 0.4) is 0 Å². The summed E-state index contributed by atoms with van der Waals surface area (Å²) in [5.74, 6) is 2.02. The molecule has 0 spiro atoms. The normalized spacial score (nSPS) is 15.1. The highest BCUT2D eigenvalue weighted by Gasteiger charge is 2.19. The van der Waals surface area contributed by atoms with Gasteiger partial charge in [-0.05, 0) is 50.6 Å². The van der Waals surface area contributed by atoms with Crippen LogP contribution in [0.5, 0.6) is 11.6 Å². The topological polar surface area (TPSA) is 64.5 Å². The van der Waals surface area contributed by atoms with Gasteiger partial charge in [0.25, 0.3) is 0 Å². The first-order chi connectivity index (χ1) is 13.5. The molecule has 2 aromatic heterocycles. The number of aromatic nitrogens is 2. The van der Waals surface area contributed by atoms with Crippen molar-refractivity contribution in [3.8, 4) is 11.6 Å². The molecular formula is C21H23N3O3S. The number of aryl methyl sites for hydroxylation is 2. The second kappa shape index (κ2) is 7.95. The van der Waals surface area contributed by atoms with Gasteiger partial charge in [-0.15, -0.1) is 11.3 Å². The Morgan fingerprint density at radius 1 is 1.18 bits per heavy atom. The van der Waals surface area contributed by atoms with E-state index in [1.165, 1.54) is 4.88 Å². The average Bonchev–Trinajstić information content (AvgIpc) is 2.97. The van der Waals surface area contributed by atoms with E-state index in [9.17, 15) is 4.79 Å². The molecule has 0 amide bonds. The Morgan fingerprint density at radius 2 is 1.89 bits per heavy atom. The lowest BCUT2D eigenvalue weighted by Crippen LogP contribution is -2.36. The van der Waals surface area contributed by atoms with Crippen molar-refractivity contribution in [2.75, 3.05) is 26.3 Å². The molecule has 7 heteroatoms. The maximum Gasteiger partial charge on any atom is 0.231 e. The maximum absolute atomic E-state index is 11.5. The van der Waals surface area contributed by atoms with E-state index in [-0.39, 0.29) is 5.78 Å². The molecule has 1 aliphatic heterocycles. The van der Waals surface area contributed by atoms with Gasteiger partial charge in [0.15, 0.2) is 5.78 Å². The van der Waals surface area contributed by atoms with Crippen LogP contribution in [0.2, 0.25) is 0 Å². The molecule has 0 radical (unpaired) electrons. The molecule has 0 atom stereocenters. The second-order valence-corrected chi connectivity index (χ2v) is 8.18. The van der Waals surface area contributed by atoms with Crippen molar-refractivity contribution in [1.29, 1.82) is 0 Å². The molecule has 0 bridgehead atoms. The molecule has 0 saturated carbocycles. The molecule has 28 heavy (non-hydrogen) atoms. The monoisotopic (exact) mass is 397 g/mol. The summed E-state index contributed by atoms with van der Waals surface area (Å²) in [7, 11) is 0. The molecule has 1 aromatic carbocycles. The van der Waals surface area contributed by atoms with Crippen LogP contribution in [0.4, 0.5) is 0 Å². The van der Waals surface area contributed by atoms with Gasteiger partial charge >= 0.3 is 0 Å². The lowest BCUT2D eigenvalue weighted by atomic mass is 10.1. The molecule has 1 aliphatic rings. The summed E-state index contributed by atoms with van der Waals surface area (Å²) in [4.78, 5) is 25.5. The summed E-state index contributed by atoms with van der Waals surface area (Å²) in [6.45, 7) is 9.64. The van der Waals surface area contributed by atoms with E-state index in [4.69, 9.17) is 19.4 Å². The van der Waals surface area contributed by atoms with Gasteiger partial charge in [0, 0.05) is 23.5 Å². The molecule has 146 valence electrons. The van der Waals surface area contributed by atoms with Crippen LogP contribution in [-0.4, -0.2) is 47.0 Å². The molecule has 1 saturated heterocycles. The minimum Gasteiger partial charge on any atom is -0.438 e. The molecule has 4 rings (SSSR count). The highest BCUT2D eigenvalue weighted by atomic mass is 32.1. The zero-order valence-electron chi connectivity index (χ0n) is 16.3. The quantitative estimate of drug-likeness (QED) is 0.603. The predicted molar refractivity (Wildman–Crippen MR) is 110 cm³/mol. The number of rotatable bonds is 5. The first-order valence-corrected chi connectivity index (χ1v) is 10.2. The van der Waals surface area contributed by atoms with E-state index in [0.717, 1.165) is 47.9 Å². The van der Waals surface area contributed by atoms with Gasteiger partial charge in [0.2, 0.25) is 5.88 Å². The molecule has 6 nitrogen and oxygen atoms in total. The third-order valence-corrected chi connectivity index (χ3v) is 6.09. The molecule has 0 aliphatic carbocycles. The van der Waals surface area contributed by atoms with Gasteiger partial charge in [0.1, 0.15) is 16.4 Å². The van der Waals surface area contributed by atoms with E-state index < -0.39 is 0 Å². The Morgan fingerprint density at radius 3 is 2.57 bits per heavy atom. The Kier molecular flexibility index (Phi) is 5.39. The van der Waals surface area contributed by atoms with Gasteiger partial charge in [-0.25, -0.2) is 4.98 Å². The lowest BCUT2D eigenvalue weighted by Gasteiger charge is -2.25. The van der Waals surface area contributed by atoms with Crippen molar-refractivity contribution in [3.63, 3.8) is 0 Å². The number of morpholine rings is 1. The zero-order valence-corrected chi connectivity index (χ0v) is 17.1. The van der Waals surface area contributed by atoms with Crippen molar-refractivity contribution in [1.82, 2.24) is 14.9 Å². The highest BCUT2D eigenvalue weighted by molar-refractivity contribution is 7.18. The number of hydrogen-bond donors (Lipinski definition) is 0. The maximum atomic E-state index is 11.5. The average molecular weight is 398 g/mol. The fourth-order valence-electron chi connectivity index (χ4n) is 3.23. The molecule has 3 aromatic rings. The standard InChI is InChI=1S/C21H23N3O3S/c1-13-15(3)28-21-19(13)20(27-17-6-4-16(5-7-17)14(2)25)22-18(23-21)12-24-8-10-26-11-9-24/h4-7H,8-12H2,1-3H3. The number of hydrogen-bond acceptors (Lipinski definition) is 7. The van der Waals surface area contributed by atoms with Crippen LogP contribution >= 0.6 is 11.3 Å². The second-order valence-electron chi connectivity index (χ2n) is 6.98. The minimum atomic E-state index is 0.0353. The lowest BCUT2D eigenvalue weighted by molar-refractivity contribution is 0.0330. The molecule has 1 fully saturated rings. The first-order valence-electron chi connectivity index (χ1n) is 9.37. The summed E-state index contributed by atoms with van der Waals surface area (Å²) in [5, 5.41) is 0.962. The van der Waals surface area contributed by atoms with Crippen molar-refractivity contribution >= 4 is 27.3 Å². The van der Waals surface area contributed by atoms with Gasteiger partial charge in [-0.1, -0.05) is 0 Å². The number of thiophene rings is 1. The Bertz CT molecular complexity index is 1010. The van der Waals surface area contributed by atoms with Gasteiger partial charge in [-0.2, -0.15) is 4.98 Å². The predicted octanol–water partition coefficient (Wildman–Crippen LogP) is 4.14. The zero-order chi connectivity index (χ0) is 19.7. The van der Waals surface area contributed by atoms with E-state index in [0.29, 0.717) is 23.7 Å². The number of Topliss-reactive ketones (excluding diaryl/α,β-unsaturated/α-hetero) is 1. The third-order valence-electron chi connectivity index (χ3n) is 4.99. The first kappa shape index (κ1) is 19.0. The third kappa shape index (κ3) is 3.92. The summed E-state index contributed by atoms with van der Waals surface area (Å²) in [6.07, 6.45) is 0. The van der Waals surface area contributed by atoms with E-state index in [1.54, 1.807) is 42.5 Å². The van der Waals surface area contributed by atoms with Crippen LogP contribution < -0.4 is 4.74 Å². The number of carbonyl (C=O) groups is 1. The number of fused-ring (bicyclic) bond motifs is 1. The fourth-order valence-corrected chi connectivity index (χ4v) is 4.27. The number of nitrogens with zero attached hydrogens (tertiary/aromatic N) is 3. The number of ketones is 1. The summed E-state index contributed by atoms with van der Waals surface area (Å²) in [6, 6.07) is 7.16. The van der Waals surface area contributed by atoms with Crippen molar-refractivity contribution in [2.24, 2.45) is 0 Å². The Hall–Kier alpha value is -2.35. The van der Waals surface area contributed by atoms with Gasteiger partial charge in [0.05, 0.1) is 25.1 Å².